The van der Waals surface area contributed by atoms with Crippen molar-refractivity contribution >= 4 is 11.8 Å². The number of likely N-dealkylation sites (tertiary alicyclic amines) is 1. The lowest BCUT2D eigenvalue weighted by Crippen LogP contribution is -2.46. The second-order valence-corrected chi connectivity index (χ2v) is 5.88. The highest BCUT2D eigenvalue weighted by atomic mass is 16.5. The van der Waals surface area contributed by atoms with Gasteiger partial charge in [-0.15, -0.1) is 0 Å². The van der Waals surface area contributed by atoms with E-state index in [4.69, 9.17) is 4.52 Å². The zero-order chi connectivity index (χ0) is 15.0. The van der Waals surface area contributed by atoms with Crippen LogP contribution in [-0.4, -0.2) is 39.4 Å². The molecule has 1 aliphatic carbocycles. The van der Waals surface area contributed by atoms with Gasteiger partial charge in [-0.05, 0) is 32.6 Å². The number of aromatic nitrogens is 2. The third kappa shape index (κ3) is 2.91. The van der Waals surface area contributed by atoms with Gasteiger partial charge < -0.3 is 14.7 Å². The second kappa shape index (κ2) is 5.46. The minimum absolute atomic E-state index is 0.0922. The van der Waals surface area contributed by atoms with Crippen LogP contribution in [0.2, 0.25) is 0 Å². The SMILES string of the molecule is CC(=O)N[C@H](C)C(=O)N1CCC[C@@H]1c1noc(C2CC2)n1. The first-order valence-electron chi connectivity index (χ1n) is 7.47. The number of hydrogen-bond donors (Lipinski definition) is 1. The molecule has 1 N–H and O–H groups in total. The van der Waals surface area contributed by atoms with Gasteiger partial charge in [0.1, 0.15) is 6.04 Å². The molecule has 7 nitrogen and oxygen atoms in total. The maximum atomic E-state index is 12.4. The van der Waals surface area contributed by atoms with Crippen LogP contribution in [0.1, 0.15) is 63.2 Å². The standard InChI is InChI=1S/C14H20N4O3/c1-8(15-9(2)19)14(20)18-7-3-4-11(18)12-16-13(21-17-12)10-5-6-10/h8,10-11H,3-7H2,1-2H3,(H,15,19)/t8-,11-/m1/s1. The molecule has 1 aromatic heterocycles. The summed E-state index contributed by atoms with van der Waals surface area (Å²) < 4.78 is 5.29. The first-order chi connectivity index (χ1) is 10.1. The molecule has 21 heavy (non-hydrogen) atoms. The average molecular weight is 292 g/mol. The molecule has 114 valence electrons. The molecule has 3 rings (SSSR count). The maximum Gasteiger partial charge on any atom is 0.245 e. The zero-order valence-electron chi connectivity index (χ0n) is 12.3. The van der Waals surface area contributed by atoms with Crippen LogP contribution < -0.4 is 5.32 Å². The molecule has 1 saturated carbocycles. The van der Waals surface area contributed by atoms with Crippen LogP contribution >= 0.6 is 0 Å². The van der Waals surface area contributed by atoms with E-state index in [-0.39, 0.29) is 17.9 Å². The van der Waals surface area contributed by atoms with E-state index in [1.165, 1.54) is 6.92 Å². The molecule has 2 aliphatic rings. The van der Waals surface area contributed by atoms with Gasteiger partial charge in [-0.25, -0.2) is 0 Å². The molecule has 0 radical (unpaired) electrons. The number of amides is 2. The van der Waals surface area contributed by atoms with E-state index in [1.807, 2.05) is 0 Å². The van der Waals surface area contributed by atoms with Crippen LogP contribution in [-0.2, 0) is 9.59 Å². The summed E-state index contributed by atoms with van der Waals surface area (Å²) in [5.41, 5.74) is 0. The number of nitrogens with zero attached hydrogens (tertiary/aromatic N) is 3. The fraction of sp³-hybridized carbons (Fsp3) is 0.714. The van der Waals surface area contributed by atoms with E-state index in [9.17, 15) is 9.59 Å². The first kappa shape index (κ1) is 14.0. The molecule has 2 heterocycles. The lowest BCUT2D eigenvalue weighted by atomic mass is 10.2. The third-order valence-electron chi connectivity index (χ3n) is 4.01. The van der Waals surface area contributed by atoms with Gasteiger partial charge in [0.2, 0.25) is 17.7 Å². The van der Waals surface area contributed by atoms with Crippen molar-refractivity contribution in [3.8, 4) is 0 Å². The summed E-state index contributed by atoms with van der Waals surface area (Å²) in [7, 11) is 0. The van der Waals surface area contributed by atoms with Gasteiger partial charge in [0.15, 0.2) is 5.82 Å². The van der Waals surface area contributed by atoms with Crippen LogP contribution in [0.3, 0.4) is 0 Å². The van der Waals surface area contributed by atoms with E-state index in [0.717, 1.165) is 25.7 Å². The van der Waals surface area contributed by atoms with Crippen LogP contribution in [0.5, 0.6) is 0 Å². The largest absolute Gasteiger partial charge is 0.345 e. The monoisotopic (exact) mass is 292 g/mol. The quantitative estimate of drug-likeness (QED) is 0.899. The Labute approximate surface area is 123 Å². The number of rotatable bonds is 4. The molecule has 0 bridgehead atoms. The Kier molecular flexibility index (Phi) is 3.65. The van der Waals surface area contributed by atoms with Gasteiger partial charge in [0, 0.05) is 19.4 Å². The molecule has 2 atom stereocenters. The number of carbonyl (C=O) groups excluding carboxylic acids is 2. The van der Waals surface area contributed by atoms with Crippen LogP contribution in [0, 0.1) is 0 Å². The number of nitrogens with one attached hydrogen (secondary N) is 1. The second-order valence-electron chi connectivity index (χ2n) is 5.88. The van der Waals surface area contributed by atoms with E-state index >= 15 is 0 Å². The van der Waals surface area contributed by atoms with E-state index < -0.39 is 6.04 Å². The van der Waals surface area contributed by atoms with Gasteiger partial charge in [-0.2, -0.15) is 4.98 Å². The zero-order valence-corrected chi connectivity index (χ0v) is 12.3. The lowest BCUT2D eigenvalue weighted by Gasteiger charge is -2.25. The Bertz CT molecular complexity index is 552. The van der Waals surface area contributed by atoms with Crippen molar-refractivity contribution in [2.45, 2.75) is 57.5 Å². The highest BCUT2D eigenvalue weighted by molar-refractivity contribution is 5.86. The third-order valence-corrected chi connectivity index (χ3v) is 4.01. The topological polar surface area (TPSA) is 88.3 Å². The van der Waals surface area contributed by atoms with Crippen molar-refractivity contribution in [2.24, 2.45) is 0 Å². The highest BCUT2D eigenvalue weighted by Gasteiger charge is 2.37. The van der Waals surface area contributed by atoms with Gasteiger partial charge >= 0.3 is 0 Å². The van der Waals surface area contributed by atoms with E-state index in [1.54, 1.807) is 11.8 Å². The Balaban J connectivity index is 1.71. The Morgan fingerprint density at radius 3 is 2.81 bits per heavy atom. The van der Waals surface area contributed by atoms with Crippen LogP contribution in [0.4, 0.5) is 0 Å². The van der Waals surface area contributed by atoms with Crippen molar-refractivity contribution in [3.63, 3.8) is 0 Å². The predicted molar refractivity (Wildman–Crippen MR) is 73.2 cm³/mol. The van der Waals surface area contributed by atoms with E-state index in [0.29, 0.717) is 24.2 Å². The Hall–Kier alpha value is -1.92. The summed E-state index contributed by atoms with van der Waals surface area (Å²) in [4.78, 5) is 29.7. The minimum Gasteiger partial charge on any atom is -0.345 e. The summed E-state index contributed by atoms with van der Waals surface area (Å²) in [6.07, 6.45) is 3.96. The molecule has 1 saturated heterocycles. The lowest BCUT2D eigenvalue weighted by molar-refractivity contribution is -0.136. The number of hydrogen-bond acceptors (Lipinski definition) is 5. The van der Waals surface area contributed by atoms with Crippen molar-refractivity contribution in [2.75, 3.05) is 6.54 Å². The molecular weight excluding hydrogens is 272 g/mol. The smallest absolute Gasteiger partial charge is 0.245 e. The summed E-state index contributed by atoms with van der Waals surface area (Å²) in [6, 6.07) is -0.664. The molecule has 1 aliphatic heterocycles. The van der Waals surface area contributed by atoms with Crippen LogP contribution in [0.25, 0.3) is 0 Å². The van der Waals surface area contributed by atoms with Crippen molar-refractivity contribution in [1.82, 2.24) is 20.4 Å². The molecule has 2 fully saturated rings. The van der Waals surface area contributed by atoms with E-state index in [2.05, 4.69) is 15.5 Å². The minimum atomic E-state index is -0.530. The molecule has 0 aromatic carbocycles. The van der Waals surface area contributed by atoms with Gasteiger partial charge in [0.25, 0.3) is 0 Å². The Morgan fingerprint density at radius 1 is 1.38 bits per heavy atom. The molecule has 1 aromatic rings. The number of carbonyl (C=O) groups is 2. The van der Waals surface area contributed by atoms with Gasteiger partial charge in [0.05, 0.1) is 6.04 Å². The summed E-state index contributed by atoms with van der Waals surface area (Å²) >= 11 is 0. The van der Waals surface area contributed by atoms with Crippen molar-refractivity contribution in [1.29, 1.82) is 0 Å². The van der Waals surface area contributed by atoms with Crippen molar-refractivity contribution < 1.29 is 14.1 Å². The van der Waals surface area contributed by atoms with Crippen molar-refractivity contribution in [3.05, 3.63) is 11.7 Å². The average Bonchev–Trinajstić information content (AvgIpc) is 2.99. The maximum absolute atomic E-state index is 12.4. The molecule has 0 unspecified atom stereocenters. The fourth-order valence-electron chi connectivity index (χ4n) is 2.79. The van der Waals surface area contributed by atoms with Gasteiger partial charge in [-0.3, -0.25) is 9.59 Å². The molecule has 2 amide bonds. The molecular formula is C14H20N4O3. The van der Waals surface area contributed by atoms with Crippen LogP contribution in [0.15, 0.2) is 4.52 Å². The normalized spacial score (nSPS) is 23.1. The highest BCUT2D eigenvalue weighted by Crippen LogP contribution is 2.40. The summed E-state index contributed by atoms with van der Waals surface area (Å²) in [5.74, 6) is 1.40. The Morgan fingerprint density at radius 2 is 2.14 bits per heavy atom. The fourth-order valence-corrected chi connectivity index (χ4v) is 2.79. The first-order valence-corrected chi connectivity index (χ1v) is 7.47. The molecule has 0 spiro atoms. The van der Waals surface area contributed by atoms with Gasteiger partial charge in [-0.1, -0.05) is 5.16 Å². The summed E-state index contributed by atoms with van der Waals surface area (Å²) in [5, 5.41) is 6.68. The molecule has 7 heteroatoms. The predicted octanol–water partition coefficient (Wildman–Crippen LogP) is 1.14. The summed E-state index contributed by atoms with van der Waals surface area (Å²) in [6.45, 7) is 3.78.